The second-order valence-corrected chi connectivity index (χ2v) is 2.88. The van der Waals surface area contributed by atoms with E-state index in [0.717, 1.165) is 0 Å². The summed E-state index contributed by atoms with van der Waals surface area (Å²) in [6.07, 6.45) is 1.34. The highest BCUT2D eigenvalue weighted by molar-refractivity contribution is 5.83. The first kappa shape index (κ1) is 12.0. The van der Waals surface area contributed by atoms with E-state index in [1.165, 1.54) is 19.4 Å². The highest BCUT2D eigenvalue weighted by atomic mass is 16.5. The van der Waals surface area contributed by atoms with Gasteiger partial charge < -0.3 is 14.9 Å². The number of methoxy groups -OCH3 is 1. The Morgan fingerprint density at radius 3 is 2.94 bits per heavy atom. The number of hydrogen-bond acceptors (Lipinski definition) is 5. The van der Waals surface area contributed by atoms with Gasteiger partial charge in [0.2, 0.25) is 0 Å². The molecule has 6 nitrogen and oxygen atoms in total. The van der Waals surface area contributed by atoms with Crippen molar-refractivity contribution in [2.24, 2.45) is 5.10 Å². The number of phenols is 1. The summed E-state index contributed by atoms with van der Waals surface area (Å²) in [7, 11) is 1.45. The number of hydrazone groups is 1. The molecular formula is C10H12N2O4. The van der Waals surface area contributed by atoms with E-state index in [9.17, 15) is 9.90 Å². The first-order chi connectivity index (χ1) is 7.67. The first-order valence-corrected chi connectivity index (χ1v) is 4.47. The van der Waals surface area contributed by atoms with Crippen LogP contribution in [0.2, 0.25) is 0 Å². The van der Waals surface area contributed by atoms with Gasteiger partial charge in [-0.15, -0.1) is 0 Å². The number of nitrogens with one attached hydrogen (secondary N) is 1. The van der Waals surface area contributed by atoms with Crippen molar-refractivity contribution >= 4 is 12.1 Å². The quantitative estimate of drug-likeness (QED) is 0.489. The summed E-state index contributed by atoms with van der Waals surface area (Å²) >= 11 is 0. The summed E-state index contributed by atoms with van der Waals surface area (Å²) in [5.74, 6) is -0.259. The predicted molar refractivity (Wildman–Crippen MR) is 57.5 cm³/mol. The molecule has 0 unspecified atom stereocenters. The van der Waals surface area contributed by atoms with Crippen molar-refractivity contribution in [2.45, 2.75) is 0 Å². The second kappa shape index (κ2) is 5.72. The first-order valence-electron chi connectivity index (χ1n) is 4.47. The van der Waals surface area contributed by atoms with Crippen molar-refractivity contribution in [3.05, 3.63) is 23.8 Å². The standard InChI is InChI=1S/C10H12N2O4/c1-16-9-3-2-7(4-8(9)14)5-11-12-10(15)6-13/h2-5,13-14H,6H2,1H3,(H,12,15). The molecule has 86 valence electrons. The van der Waals surface area contributed by atoms with Crippen LogP contribution in [0.25, 0.3) is 0 Å². The Labute approximate surface area is 92.2 Å². The lowest BCUT2D eigenvalue weighted by Gasteiger charge is -2.02. The molecule has 0 bridgehead atoms. The lowest BCUT2D eigenvalue weighted by molar-refractivity contribution is -0.123. The van der Waals surface area contributed by atoms with Crippen LogP contribution in [0.15, 0.2) is 23.3 Å². The SMILES string of the molecule is COc1ccc(C=NNC(=O)CO)cc1O. The van der Waals surface area contributed by atoms with E-state index in [1.807, 2.05) is 0 Å². The van der Waals surface area contributed by atoms with Gasteiger partial charge in [-0.05, 0) is 23.8 Å². The Balaban J connectivity index is 2.68. The number of aliphatic hydroxyl groups is 1. The lowest BCUT2D eigenvalue weighted by atomic mass is 10.2. The second-order valence-electron chi connectivity index (χ2n) is 2.88. The molecule has 1 aromatic carbocycles. The summed E-state index contributed by atoms with van der Waals surface area (Å²) in [4.78, 5) is 10.6. The minimum absolute atomic E-state index is 0.0139. The molecule has 16 heavy (non-hydrogen) atoms. The van der Waals surface area contributed by atoms with Crippen LogP contribution < -0.4 is 10.2 Å². The molecule has 0 aliphatic rings. The molecule has 6 heteroatoms. The number of aliphatic hydroxyl groups excluding tert-OH is 1. The fourth-order valence-corrected chi connectivity index (χ4v) is 1.00. The van der Waals surface area contributed by atoms with Crippen molar-refractivity contribution in [3.63, 3.8) is 0 Å². The van der Waals surface area contributed by atoms with Gasteiger partial charge in [0.25, 0.3) is 5.91 Å². The Kier molecular flexibility index (Phi) is 4.28. The van der Waals surface area contributed by atoms with Gasteiger partial charge in [0, 0.05) is 0 Å². The number of carbonyl (C=O) groups is 1. The predicted octanol–water partition coefficient (Wildman–Crippen LogP) is -0.157. The van der Waals surface area contributed by atoms with Gasteiger partial charge in [-0.25, -0.2) is 5.43 Å². The average molecular weight is 224 g/mol. The van der Waals surface area contributed by atoms with Crippen LogP contribution in [-0.2, 0) is 4.79 Å². The van der Waals surface area contributed by atoms with Crippen LogP contribution in [0.1, 0.15) is 5.56 Å². The summed E-state index contributed by atoms with van der Waals surface area (Å²) in [5.41, 5.74) is 2.69. The zero-order valence-electron chi connectivity index (χ0n) is 8.67. The van der Waals surface area contributed by atoms with Crippen LogP contribution in [-0.4, -0.2) is 36.1 Å². The number of phenolic OH excluding ortho intramolecular Hbond substituents is 1. The third-order valence-corrected chi connectivity index (χ3v) is 1.75. The highest BCUT2D eigenvalue weighted by Crippen LogP contribution is 2.25. The van der Waals surface area contributed by atoms with Crippen LogP contribution >= 0.6 is 0 Å². The normalized spacial score (nSPS) is 10.4. The van der Waals surface area contributed by atoms with E-state index >= 15 is 0 Å². The molecular weight excluding hydrogens is 212 g/mol. The van der Waals surface area contributed by atoms with Crippen molar-refractivity contribution < 1.29 is 19.7 Å². The third-order valence-electron chi connectivity index (χ3n) is 1.75. The van der Waals surface area contributed by atoms with Gasteiger partial charge in [-0.3, -0.25) is 4.79 Å². The van der Waals surface area contributed by atoms with Crippen LogP contribution in [0, 0.1) is 0 Å². The Morgan fingerprint density at radius 1 is 1.62 bits per heavy atom. The minimum Gasteiger partial charge on any atom is -0.504 e. The van der Waals surface area contributed by atoms with Gasteiger partial charge in [0.05, 0.1) is 13.3 Å². The van der Waals surface area contributed by atoms with Gasteiger partial charge >= 0.3 is 0 Å². The number of amides is 1. The molecule has 0 aliphatic carbocycles. The van der Waals surface area contributed by atoms with Crippen LogP contribution in [0.4, 0.5) is 0 Å². The largest absolute Gasteiger partial charge is 0.504 e. The lowest BCUT2D eigenvalue weighted by Crippen LogP contribution is -2.20. The number of benzene rings is 1. The van der Waals surface area contributed by atoms with Crippen LogP contribution in [0.3, 0.4) is 0 Å². The average Bonchev–Trinajstić information content (AvgIpc) is 2.29. The number of rotatable bonds is 4. The molecule has 3 N–H and O–H groups in total. The van der Waals surface area contributed by atoms with Gasteiger partial charge in [0.1, 0.15) is 6.61 Å². The van der Waals surface area contributed by atoms with Crippen molar-refractivity contribution in [1.29, 1.82) is 0 Å². The maximum atomic E-state index is 10.6. The number of ether oxygens (including phenoxy) is 1. The molecule has 1 aromatic rings. The van der Waals surface area contributed by atoms with E-state index in [1.54, 1.807) is 12.1 Å². The maximum Gasteiger partial charge on any atom is 0.265 e. The number of aromatic hydroxyl groups is 1. The summed E-state index contributed by atoms with van der Waals surface area (Å²) in [6, 6.07) is 4.67. The van der Waals surface area contributed by atoms with E-state index in [0.29, 0.717) is 11.3 Å². The molecule has 0 aromatic heterocycles. The Morgan fingerprint density at radius 2 is 2.38 bits per heavy atom. The molecule has 0 atom stereocenters. The van der Waals surface area contributed by atoms with Gasteiger partial charge in [-0.2, -0.15) is 5.10 Å². The molecule has 0 saturated heterocycles. The zero-order valence-corrected chi connectivity index (χ0v) is 8.67. The topological polar surface area (TPSA) is 91.2 Å². The molecule has 0 saturated carbocycles. The number of nitrogens with zero attached hydrogens (tertiary/aromatic N) is 1. The van der Waals surface area contributed by atoms with Crippen molar-refractivity contribution in [2.75, 3.05) is 13.7 Å². The van der Waals surface area contributed by atoms with E-state index < -0.39 is 12.5 Å². The summed E-state index contributed by atoms with van der Waals surface area (Å²) in [5, 5.41) is 21.4. The molecule has 0 radical (unpaired) electrons. The van der Waals surface area contributed by atoms with E-state index in [4.69, 9.17) is 9.84 Å². The summed E-state index contributed by atoms with van der Waals surface area (Å²) < 4.78 is 4.86. The van der Waals surface area contributed by atoms with Gasteiger partial charge in [-0.1, -0.05) is 0 Å². The monoisotopic (exact) mass is 224 g/mol. The zero-order chi connectivity index (χ0) is 12.0. The molecule has 0 heterocycles. The fraction of sp³-hybridized carbons (Fsp3) is 0.200. The van der Waals surface area contributed by atoms with Crippen molar-refractivity contribution in [1.82, 2.24) is 5.43 Å². The van der Waals surface area contributed by atoms with Crippen LogP contribution in [0.5, 0.6) is 11.5 Å². The van der Waals surface area contributed by atoms with E-state index in [2.05, 4.69) is 10.5 Å². The molecule has 0 fully saturated rings. The van der Waals surface area contributed by atoms with Gasteiger partial charge in [0.15, 0.2) is 11.5 Å². The highest BCUT2D eigenvalue weighted by Gasteiger charge is 2.00. The Bertz CT molecular complexity index is 404. The van der Waals surface area contributed by atoms with Crippen molar-refractivity contribution in [3.8, 4) is 11.5 Å². The Hall–Kier alpha value is -2.08. The fourth-order valence-electron chi connectivity index (χ4n) is 1.00. The minimum atomic E-state index is -0.620. The number of carbonyl (C=O) groups excluding carboxylic acids is 1. The molecule has 1 rings (SSSR count). The summed E-state index contributed by atoms with van der Waals surface area (Å²) in [6.45, 7) is -0.620. The smallest absolute Gasteiger partial charge is 0.265 e. The molecule has 1 amide bonds. The molecule has 0 spiro atoms. The number of hydrogen-bond donors (Lipinski definition) is 3. The molecule has 0 aliphatic heterocycles. The maximum absolute atomic E-state index is 10.6. The third kappa shape index (κ3) is 3.25. The van der Waals surface area contributed by atoms with E-state index in [-0.39, 0.29) is 5.75 Å².